The van der Waals surface area contributed by atoms with Crippen molar-refractivity contribution in [2.24, 2.45) is 5.73 Å². The average Bonchev–Trinajstić information content (AvgIpc) is 3.29. The molecule has 1 atom stereocenters. The highest BCUT2D eigenvalue weighted by Crippen LogP contribution is 2.42. The topological polar surface area (TPSA) is 136 Å². The van der Waals surface area contributed by atoms with E-state index in [9.17, 15) is 9.59 Å². The summed E-state index contributed by atoms with van der Waals surface area (Å²) in [4.78, 5) is 36.5. The van der Waals surface area contributed by atoms with Crippen molar-refractivity contribution < 1.29 is 14.3 Å². The van der Waals surface area contributed by atoms with E-state index in [1.807, 2.05) is 30.3 Å². The van der Waals surface area contributed by atoms with E-state index in [0.29, 0.717) is 35.7 Å². The Morgan fingerprint density at radius 3 is 2.88 bits per heavy atom. The summed E-state index contributed by atoms with van der Waals surface area (Å²) in [6.07, 6.45) is 3.93. The van der Waals surface area contributed by atoms with Gasteiger partial charge in [-0.15, -0.1) is 11.3 Å². The number of nitrogens with zero attached hydrogens (tertiary/aromatic N) is 3. The van der Waals surface area contributed by atoms with Crippen LogP contribution in [0.1, 0.15) is 32.0 Å². The highest BCUT2D eigenvalue weighted by Gasteiger charge is 2.37. The van der Waals surface area contributed by atoms with Gasteiger partial charge in [0.1, 0.15) is 5.75 Å². The number of nitrogen functional groups attached to an aromatic ring is 1. The number of hydrogen-bond acceptors (Lipinski definition) is 7. The maximum Gasteiger partial charge on any atom is 0.322 e. The molecule has 1 aliphatic heterocycles. The fourth-order valence-corrected chi connectivity index (χ4v) is 5.32. The van der Waals surface area contributed by atoms with Gasteiger partial charge in [0.05, 0.1) is 29.4 Å². The highest BCUT2D eigenvalue weighted by atomic mass is 32.1. The Bertz CT molecular complexity index is 1410. The van der Waals surface area contributed by atoms with Crippen LogP contribution in [0.3, 0.4) is 0 Å². The molecule has 9 nitrogen and oxygen atoms in total. The van der Waals surface area contributed by atoms with Crippen LogP contribution in [-0.2, 0) is 6.42 Å². The first-order valence-corrected chi connectivity index (χ1v) is 11.4. The summed E-state index contributed by atoms with van der Waals surface area (Å²) >= 11 is 1.19. The number of thiazole rings is 1. The molecule has 0 spiro atoms. The molecular weight excluding hydrogens is 452 g/mol. The summed E-state index contributed by atoms with van der Waals surface area (Å²) < 4.78 is 5.40. The molecule has 0 radical (unpaired) electrons. The van der Waals surface area contributed by atoms with E-state index in [4.69, 9.17) is 16.2 Å². The minimum Gasteiger partial charge on any atom is -0.497 e. The predicted octanol–water partition coefficient (Wildman–Crippen LogP) is 3.56. The molecule has 1 aliphatic rings. The van der Waals surface area contributed by atoms with Gasteiger partial charge >= 0.3 is 6.03 Å². The number of nitrogens with one attached hydrogen (secondary N) is 1. The number of hydrogen-bond donors (Lipinski definition) is 3. The Kier molecular flexibility index (Phi) is 5.50. The van der Waals surface area contributed by atoms with Crippen molar-refractivity contribution >= 4 is 45.4 Å². The number of rotatable bonds is 4. The SMILES string of the molecule is COc1ccc(N)c(C2c3sc(C(N)=O)nc3CCN2C(=O)Nc2cccc3cnccc23)c1. The van der Waals surface area contributed by atoms with Crippen LogP contribution in [0.4, 0.5) is 16.2 Å². The maximum absolute atomic E-state index is 13.6. The van der Waals surface area contributed by atoms with Crippen LogP contribution in [0.15, 0.2) is 54.9 Å². The Labute approximate surface area is 199 Å². The smallest absolute Gasteiger partial charge is 0.322 e. The van der Waals surface area contributed by atoms with Gasteiger partial charge in [-0.05, 0) is 30.3 Å². The van der Waals surface area contributed by atoms with Crippen molar-refractivity contribution in [2.75, 3.05) is 24.7 Å². The van der Waals surface area contributed by atoms with Crippen LogP contribution in [0, 0.1) is 0 Å². The van der Waals surface area contributed by atoms with Gasteiger partial charge < -0.3 is 26.4 Å². The molecule has 5 rings (SSSR count). The van der Waals surface area contributed by atoms with Crippen LogP contribution in [0.25, 0.3) is 10.8 Å². The van der Waals surface area contributed by atoms with Gasteiger partial charge in [0.25, 0.3) is 5.91 Å². The molecule has 0 aliphatic carbocycles. The number of methoxy groups -OCH3 is 1. The lowest BCUT2D eigenvalue weighted by atomic mass is 9.96. The number of carbonyl (C=O) groups excluding carboxylic acids is 2. The third-order valence-electron chi connectivity index (χ3n) is 5.86. The van der Waals surface area contributed by atoms with Crippen molar-refractivity contribution in [3.63, 3.8) is 0 Å². The largest absolute Gasteiger partial charge is 0.497 e. The summed E-state index contributed by atoms with van der Waals surface area (Å²) in [7, 11) is 1.57. The van der Waals surface area contributed by atoms with Crippen molar-refractivity contribution in [3.8, 4) is 5.75 Å². The third kappa shape index (κ3) is 3.77. The summed E-state index contributed by atoms with van der Waals surface area (Å²) in [5.41, 5.74) is 14.5. The van der Waals surface area contributed by atoms with Gasteiger partial charge in [0.15, 0.2) is 5.01 Å². The molecule has 2 aromatic carbocycles. The first-order valence-electron chi connectivity index (χ1n) is 10.6. The van der Waals surface area contributed by atoms with E-state index in [-0.39, 0.29) is 11.0 Å². The predicted molar refractivity (Wildman–Crippen MR) is 131 cm³/mol. The monoisotopic (exact) mass is 474 g/mol. The van der Waals surface area contributed by atoms with Crippen LogP contribution in [0.2, 0.25) is 0 Å². The summed E-state index contributed by atoms with van der Waals surface area (Å²) in [6, 6.07) is 12.0. The molecule has 3 heterocycles. The van der Waals surface area contributed by atoms with Crippen molar-refractivity contribution in [1.82, 2.24) is 14.9 Å². The number of fused-ring (bicyclic) bond motifs is 2. The lowest BCUT2D eigenvalue weighted by Gasteiger charge is -2.36. The van der Waals surface area contributed by atoms with Crippen molar-refractivity contribution in [2.45, 2.75) is 12.5 Å². The fraction of sp³-hybridized carbons (Fsp3) is 0.167. The lowest BCUT2D eigenvalue weighted by Crippen LogP contribution is -2.42. The fourth-order valence-electron chi connectivity index (χ4n) is 4.22. The molecule has 0 fully saturated rings. The number of carbonyl (C=O) groups is 2. The summed E-state index contributed by atoms with van der Waals surface area (Å²) in [6.45, 7) is 0.383. The summed E-state index contributed by atoms with van der Waals surface area (Å²) in [5.74, 6) is 0.00926. The number of pyridine rings is 1. The number of urea groups is 1. The second-order valence-corrected chi connectivity index (χ2v) is 8.90. The van der Waals surface area contributed by atoms with Gasteiger partial charge in [0, 0.05) is 47.4 Å². The molecule has 172 valence electrons. The molecule has 0 saturated carbocycles. The van der Waals surface area contributed by atoms with Gasteiger partial charge in [-0.3, -0.25) is 9.78 Å². The zero-order chi connectivity index (χ0) is 23.8. The van der Waals surface area contributed by atoms with E-state index in [1.54, 1.807) is 36.5 Å². The zero-order valence-corrected chi connectivity index (χ0v) is 19.1. The van der Waals surface area contributed by atoms with E-state index in [1.165, 1.54) is 11.3 Å². The molecule has 5 N–H and O–H groups in total. The van der Waals surface area contributed by atoms with Crippen LogP contribution in [0.5, 0.6) is 5.75 Å². The minimum absolute atomic E-state index is 0.209. The lowest BCUT2D eigenvalue weighted by molar-refractivity contribution is 0.0999. The average molecular weight is 475 g/mol. The third-order valence-corrected chi connectivity index (χ3v) is 7.02. The first kappa shape index (κ1) is 21.7. The maximum atomic E-state index is 13.6. The second-order valence-electron chi connectivity index (χ2n) is 7.87. The number of ether oxygens (including phenoxy) is 1. The molecule has 0 bridgehead atoms. The molecule has 1 unspecified atom stereocenters. The first-order chi connectivity index (χ1) is 16.5. The number of anilines is 2. The molecular formula is C24H22N6O3S. The van der Waals surface area contributed by atoms with Gasteiger partial charge in [-0.25, -0.2) is 9.78 Å². The summed E-state index contributed by atoms with van der Waals surface area (Å²) in [5, 5.41) is 5.06. The normalized spacial score (nSPS) is 15.1. The van der Waals surface area contributed by atoms with E-state index >= 15 is 0 Å². The molecule has 10 heteroatoms. The van der Waals surface area contributed by atoms with E-state index in [2.05, 4.69) is 15.3 Å². The number of nitrogens with two attached hydrogens (primary N) is 2. The second kappa shape index (κ2) is 8.64. The Morgan fingerprint density at radius 2 is 2.09 bits per heavy atom. The van der Waals surface area contributed by atoms with E-state index in [0.717, 1.165) is 21.3 Å². The molecule has 2 aromatic heterocycles. The van der Waals surface area contributed by atoms with Crippen LogP contribution < -0.4 is 21.5 Å². The van der Waals surface area contributed by atoms with Crippen molar-refractivity contribution in [3.05, 3.63) is 76.0 Å². The molecule has 0 saturated heterocycles. The minimum atomic E-state index is -0.600. The Balaban J connectivity index is 1.58. The quantitative estimate of drug-likeness (QED) is 0.387. The zero-order valence-electron chi connectivity index (χ0n) is 18.3. The van der Waals surface area contributed by atoms with Gasteiger partial charge in [-0.1, -0.05) is 12.1 Å². The number of benzene rings is 2. The van der Waals surface area contributed by atoms with Gasteiger partial charge in [-0.2, -0.15) is 0 Å². The van der Waals surface area contributed by atoms with Gasteiger partial charge in [0.2, 0.25) is 0 Å². The van der Waals surface area contributed by atoms with Crippen LogP contribution in [-0.4, -0.2) is 40.5 Å². The Hall–Kier alpha value is -4.18. The standard InChI is InChI=1S/C24H22N6O3S/c1-33-14-5-6-17(25)16(11-14)20-21-19(28-23(34-21)22(26)31)8-10-30(20)24(32)29-18-4-2-3-13-12-27-9-7-15(13)18/h2-7,9,11-12,20H,8,10,25H2,1H3,(H2,26,31)(H,29,32). The van der Waals surface area contributed by atoms with E-state index < -0.39 is 11.9 Å². The van der Waals surface area contributed by atoms with Crippen LogP contribution >= 0.6 is 11.3 Å². The molecule has 34 heavy (non-hydrogen) atoms. The number of primary amides is 1. The highest BCUT2D eigenvalue weighted by molar-refractivity contribution is 7.13. The molecule has 3 amide bonds. The Morgan fingerprint density at radius 1 is 1.24 bits per heavy atom. The van der Waals surface area contributed by atoms with Crippen molar-refractivity contribution in [1.29, 1.82) is 0 Å². The molecule has 4 aromatic rings. The number of aromatic nitrogens is 2. The number of amides is 3.